The monoisotopic (exact) mass is 407 g/mol. The van der Waals surface area contributed by atoms with Crippen molar-refractivity contribution in [1.29, 1.82) is 0 Å². The van der Waals surface area contributed by atoms with Gasteiger partial charge < -0.3 is 14.6 Å². The summed E-state index contributed by atoms with van der Waals surface area (Å²) in [6.07, 6.45) is 5.11. The summed E-state index contributed by atoms with van der Waals surface area (Å²) >= 11 is 0. The fraction of sp³-hybridized carbons (Fsp3) is 0.364. The highest BCUT2D eigenvalue weighted by Gasteiger charge is 2.25. The number of piperidine rings is 1. The molecular weight excluding hydrogens is 382 g/mol. The Morgan fingerprint density at radius 3 is 2.60 bits per heavy atom. The second kappa shape index (κ2) is 9.49. The Morgan fingerprint density at radius 1 is 1.17 bits per heavy atom. The molecule has 1 aliphatic heterocycles. The molecule has 1 saturated heterocycles. The van der Waals surface area contributed by atoms with Crippen molar-refractivity contribution in [2.24, 2.45) is 5.92 Å². The summed E-state index contributed by atoms with van der Waals surface area (Å²) in [6, 6.07) is 11.4. The second-order valence-corrected chi connectivity index (χ2v) is 7.36. The van der Waals surface area contributed by atoms with Crippen molar-refractivity contribution >= 4 is 5.91 Å². The number of pyridine rings is 1. The van der Waals surface area contributed by atoms with Crippen molar-refractivity contribution in [2.75, 3.05) is 20.2 Å². The van der Waals surface area contributed by atoms with Crippen LogP contribution < -0.4 is 10.1 Å². The van der Waals surface area contributed by atoms with Crippen LogP contribution in [0.1, 0.15) is 24.3 Å². The van der Waals surface area contributed by atoms with Gasteiger partial charge in [0.2, 0.25) is 17.6 Å². The maximum atomic E-state index is 12.4. The van der Waals surface area contributed by atoms with Crippen LogP contribution in [-0.4, -0.2) is 46.1 Å². The van der Waals surface area contributed by atoms with Crippen molar-refractivity contribution in [1.82, 2.24) is 25.3 Å². The van der Waals surface area contributed by atoms with Crippen LogP contribution in [0.3, 0.4) is 0 Å². The zero-order valence-corrected chi connectivity index (χ0v) is 17.0. The van der Waals surface area contributed by atoms with E-state index in [2.05, 4.69) is 25.3 Å². The SMILES string of the molecule is COc1ccc(-c2noc(CN3CCC(C(=O)NCc4ccncc4)CC3)n2)cc1. The van der Waals surface area contributed by atoms with Gasteiger partial charge in [0.05, 0.1) is 13.7 Å². The number of likely N-dealkylation sites (tertiary alicyclic amines) is 1. The number of benzene rings is 1. The topological polar surface area (TPSA) is 93.4 Å². The van der Waals surface area contributed by atoms with Gasteiger partial charge in [-0.05, 0) is 67.9 Å². The number of hydrogen-bond donors (Lipinski definition) is 1. The largest absolute Gasteiger partial charge is 0.497 e. The molecule has 0 bridgehead atoms. The molecule has 8 nitrogen and oxygen atoms in total. The lowest BCUT2D eigenvalue weighted by Crippen LogP contribution is -2.40. The molecule has 1 aliphatic rings. The molecule has 8 heteroatoms. The highest BCUT2D eigenvalue weighted by Crippen LogP contribution is 2.22. The third-order valence-electron chi connectivity index (χ3n) is 5.35. The fourth-order valence-electron chi connectivity index (χ4n) is 3.56. The van der Waals surface area contributed by atoms with Gasteiger partial charge in [0.1, 0.15) is 5.75 Å². The summed E-state index contributed by atoms with van der Waals surface area (Å²) in [4.78, 5) is 23.2. The first-order valence-electron chi connectivity index (χ1n) is 10.1. The lowest BCUT2D eigenvalue weighted by atomic mass is 9.96. The van der Waals surface area contributed by atoms with E-state index >= 15 is 0 Å². The highest BCUT2D eigenvalue weighted by atomic mass is 16.5. The number of ether oxygens (including phenoxy) is 1. The van der Waals surface area contributed by atoms with Crippen molar-refractivity contribution in [2.45, 2.75) is 25.9 Å². The molecule has 0 saturated carbocycles. The average molecular weight is 407 g/mol. The van der Waals surface area contributed by atoms with Crippen molar-refractivity contribution < 1.29 is 14.1 Å². The second-order valence-electron chi connectivity index (χ2n) is 7.36. The van der Waals surface area contributed by atoms with Gasteiger partial charge in [-0.25, -0.2) is 0 Å². The van der Waals surface area contributed by atoms with Gasteiger partial charge in [-0.3, -0.25) is 14.7 Å². The Bertz CT molecular complexity index is 950. The third-order valence-corrected chi connectivity index (χ3v) is 5.35. The Balaban J connectivity index is 1.24. The third kappa shape index (κ3) is 5.01. The average Bonchev–Trinajstić information content (AvgIpc) is 3.27. The quantitative estimate of drug-likeness (QED) is 0.643. The molecular formula is C22H25N5O3. The molecule has 0 unspecified atom stereocenters. The molecule has 0 aliphatic carbocycles. The first-order valence-corrected chi connectivity index (χ1v) is 10.1. The first-order chi connectivity index (χ1) is 14.7. The minimum atomic E-state index is 0.0423. The van der Waals surface area contributed by atoms with E-state index in [1.165, 1.54) is 0 Å². The number of amides is 1. The van der Waals surface area contributed by atoms with Crippen LogP contribution in [0, 0.1) is 5.92 Å². The maximum absolute atomic E-state index is 12.4. The smallest absolute Gasteiger partial charge is 0.241 e. The molecule has 3 aromatic rings. The number of methoxy groups -OCH3 is 1. The molecule has 0 spiro atoms. The van der Waals surface area contributed by atoms with Crippen LogP contribution in [0.5, 0.6) is 5.75 Å². The highest BCUT2D eigenvalue weighted by molar-refractivity contribution is 5.78. The minimum Gasteiger partial charge on any atom is -0.497 e. The van der Waals surface area contributed by atoms with E-state index in [1.54, 1.807) is 19.5 Å². The van der Waals surface area contributed by atoms with Gasteiger partial charge in [-0.1, -0.05) is 5.16 Å². The molecule has 3 heterocycles. The van der Waals surface area contributed by atoms with Gasteiger partial charge in [-0.2, -0.15) is 4.98 Å². The number of rotatable bonds is 7. The summed E-state index contributed by atoms with van der Waals surface area (Å²) in [6.45, 7) is 2.79. The molecule has 0 atom stereocenters. The Hall–Kier alpha value is -3.26. The molecule has 1 fully saturated rings. The molecule has 156 valence electrons. The molecule has 1 N–H and O–H groups in total. The summed E-state index contributed by atoms with van der Waals surface area (Å²) in [7, 11) is 1.63. The number of nitrogens with one attached hydrogen (secondary N) is 1. The number of nitrogens with zero attached hydrogens (tertiary/aromatic N) is 4. The zero-order chi connectivity index (χ0) is 20.8. The van der Waals surface area contributed by atoms with Crippen molar-refractivity contribution in [3.63, 3.8) is 0 Å². The lowest BCUT2D eigenvalue weighted by Gasteiger charge is -2.30. The van der Waals surface area contributed by atoms with E-state index in [4.69, 9.17) is 9.26 Å². The summed E-state index contributed by atoms with van der Waals surface area (Å²) in [5.74, 6) is 2.10. The van der Waals surface area contributed by atoms with Crippen LogP contribution in [0.4, 0.5) is 0 Å². The number of carbonyl (C=O) groups is 1. The van der Waals surface area contributed by atoms with E-state index in [0.29, 0.717) is 24.8 Å². The molecule has 0 radical (unpaired) electrons. The summed E-state index contributed by atoms with van der Waals surface area (Å²) in [5, 5.41) is 7.11. The van der Waals surface area contributed by atoms with Crippen LogP contribution >= 0.6 is 0 Å². The fourth-order valence-corrected chi connectivity index (χ4v) is 3.56. The minimum absolute atomic E-state index is 0.0423. The molecule has 4 rings (SSSR count). The van der Waals surface area contributed by atoms with Gasteiger partial charge in [0, 0.05) is 30.4 Å². The number of hydrogen-bond acceptors (Lipinski definition) is 7. The van der Waals surface area contributed by atoms with Gasteiger partial charge in [0.25, 0.3) is 0 Å². The summed E-state index contributed by atoms with van der Waals surface area (Å²) < 4.78 is 10.6. The Morgan fingerprint density at radius 2 is 1.90 bits per heavy atom. The Labute approximate surface area is 175 Å². The van der Waals surface area contributed by atoms with Crippen LogP contribution in [0.2, 0.25) is 0 Å². The first kappa shape index (κ1) is 20.0. The van der Waals surface area contributed by atoms with Crippen LogP contribution in [0.15, 0.2) is 53.3 Å². The van der Waals surface area contributed by atoms with Crippen LogP contribution in [0.25, 0.3) is 11.4 Å². The normalized spacial score (nSPS) is 15.1. The van der Waals surface area contributed by atoms with E-state index in [-0.39, 0.29) is 11.8 Å². The van der Waals surface area contributed by atoms with E-state index in [1.807, 2.05) is 36.4 Å². The van der Waals surface area contributed by atoms with Crippen molar-refractivity contribution in [3.8, 4) is 17.1 Å². The number of carbonyl (C=O) groups excluding carboxylic acids is 1. The van der Waals surface area contributed by atoms with E-state index < -0.39 is 0 Å². The zero-order valence-electron chi connectivity index (χ0n) is 17.0. The molecule has 1 aromatic carbocycles. The predicted octanol–water partition coefficient (Wildman–Crippen LogP) is 2.67. The molecule has 2 aromatic heterocycles. The van der Waals surface area contributed by atoms with Gasteiger partial charge >= 0.3 is 0 Å². The standard InChI is InChI=1S/C22H25N5O3/c1-29-19-4-2-17(3-5-19)21-25-20(30-26-21)15-27-12-8-18(9-13-27)22(28)24-14-16-6-10-23-11-7-16/h2-7,10-11,18H,8-9,12-15H2,1H3,(H,24,28). The molecule has 30 heavy (non-hydrogen) atoms. The van der Waals surface area contributed by atoms with E-state index in [0.717, 1.165) is 42.8 Å². The Kier molecular flexibility index (Phi) is 6.34. The van der Waals surface area contributed by atoms with Crippen molar-refractivity contribution in [3.05, 3.63) is 60.2 Å². The van der Waals surface area contributed by atoms with Gasteiger partial charge in [-0.15, -0.1) is 0 Å². The van der Waals surface area contributed by atoms with Gasteiger partial charge in [0.15, 0.2) is 0 Å². The molecule has 1 amide bonds. The number of aromatic nitrogens is 3. The van der Waals surface area contributed by atoms with E-state index in [9.17, 15) is 4.79 Å². The summed E-state index contributed by atoms with van der Waals surface area (Å²) in [5.41, 5.74) is 1.94. The maximum Gasteiger partial charge on any atom is 0.241 e. The lowest BCUT2D eigenvalue weighted by molar-refractivity contribution is -0.126. The predicted molar refractivity (Wildman–Crippen MR) is 110 cm³/mol. The van der Waals surface area contributed by atoms with Crippen LogP contribution in [-0.2, 0) is 17.9 Å².